The third-order valence-electron chi connectivity index (χ3n) is 3.06. The summed E-state index contributed by atoms with van der Waals surface area (Å²) < 4.78 is 2.04. The van der Waals surface area contributed by atoms with Gasteiger partial charge in [-0.05, 0) is 24.6 Å². The molecule has 0 amide bonds. The second-order valence-electron chi connectivity index (χ2n) is 4.18. The van der Waals surface area contributed by atoms with Crippen molar-refractivity contribution in [1.82, 2.24) is 14.5 Å². The van der Waals surface area contributed by atoms with E-state index in [0.717, 1.165) is 34.0 Å². The zero-order valence-corrected chi connectivity index (χ0v) is 11.2. The third kappa shape index (κ3) is 1.59. The molecule has 0 unspecified atom stereocenters. The van der Waals surface area contributed by atoms with Crippen molar-refractivity contribution in [2.24, 2.45) is 7.05 Å². The Labute approximate surface area is 109 Å². The molecule has 3 heterocycles. The predicted octanol–water partition coefficient (Wildman–Crippen LogP) is 2.84. The van der Waals surface area contributed by atoms with Gasteiger partial charge in [0.05, 0.1) is 16.1 Å². The fourth-order valence-electron chi connectivity index (χ4n) is 2.07. The van der Waals surface area contributed by atoms with Crippen LogP contribution in [-0.2, 0) is 13.5 Å². The Bertz CT molecular complexity index is 711. The molecule has 0 aliphatic rings. The highest BCUT2D eigenvalue weighted by molar-refractivity contribution is 7.16. The number of pyridine rings is 1. The molecule has 5 heteroatoms. The summed E-state index contributed by atoms with van der Waals surface area (Å²) in [6.07, 6.45) is 2.75. The fourth-order valence-corrected chi connectivity index (χ4v) is 2.94. The van der Waals surface area contributed by atoms with Gasteiger partial charge in [0, 0.05) is 18.1 Å². The van der Waals surface area contributed by atoms with Gasteiger partial charge in [-0.2, -0.15) is 0 Å². The van der Waals surface area contributed by atoms with Crippen molar-refractivity contribution in [1.29, 1.82) is 0 Å². The van der Waals surface area contributed by atoms with Crippen molar-refractivity contribution in [3.8, 4) is 11.4 Å². The highest BCUT2D eigenvalue weighted by Crippen LogP contribution is 2.34. The van der Waals surface area contributed by atoms with Gasteiger partial charge in [0.25, 0.3) is 0 Å². The molecule has 3 aromatic rings. The molecular formula is C13H14N4S. The smallest absolute Gasteiger partial charge is 0.178 e. The molecule has 0 saturated carbocycles. The van der Waals surface area contributed by atoms with Gasteiger partial charge < -0.3 is 10.3 Å². The molecule has 3 rings (SSSR count). The van der Waals surface area contributed by atoms with E-state index in [9.17, 15) is 0 Å². The monoisotopic (exact) mass is 258 g/mol. The average Bonchev–Trinajstić information content (AvgIpc) is 2.91. The quantitative estimate of drug-likeness (QED) is 0.769. The van der Waals surface area contributed by atoms with Crippen molar-refractivity contribution in [3.63, 3.8) is 0 Å². The van der Waals surface area contributed by atoms with Gasteiger partial charge in [0.15, 0.2) is 5.65 Å². The molecule has 0 spiro atoms. The minimum Gasteiger partial charge on any atom is -0.390 e. The van der Waals surface area contributed by atoms with Crippen molar-refractivity contribution < 1.29 is 0 Å². The molecule has 4 nitrogen and oxygen atoms in total. The fraction of sp³-hybridized carbons (Fsp3) is 0.231. The Hall–Kier alpha value is -1.88. The zero-order valence-electron chi connectivity index (χ0n) is 10.3. The van der Waals surface area contributed by atoms with Crippen LogP contribution in [0.5, 0.6) is 0 Å². The summed E-state index contributed by atoms with van der Waals surface area (Å²) in [5, 5.41) is 0.824. The highest BCUT2D eigenvalue weighted by atomic mass is 32.1. The number of anilines is 1. The van der Waals surface area contributed by atoms with Gasteiger partial charge in [0.2, 0.25) is 0 Å². The number of hydrogen-bond acceptors (Lipinski definition) is 4. The van der Waals surface area contributed by atoms with Crippen molar-refractivity contribution in [2.45, 2.75) is 13.3 Å². The van der Waals surface area contributed by atoms with Gasteiger partial charge in [-0.1, -0.05) is 6.92 Å². The van der Waals surface area contributed by atoms with Gasteiger partial charge in [-0.3, -0.25) is 0 Å². The van der Waals surface area contributed by atoms with Gasteiger partial charge in [-0.25, -0.2) is 9.97 Å². The Balaban J connectivity index is 2.24. The minimum atomic E-state index is 0.763. The van der Waals surface area contributed by atoms with Crippen molar-refractivity contribution in [3.05, 3.63) is 29.3 Å². The van der Waals surface area contributed by atoms with E-state index in [4.69, 9.17) is 5.73 Å². The molecule has 18 heavy (non-hydrogen) atoms. The first-order valence-electron chi connectivity index (χ1n) is 5.86. The van der Waals surface area contributed by atoms with E-state index in [1.54, 1.807) is 17.5 Å². The maximum atomic E-state index is 6.08. The molecule has 0 fully saturated rings. The number of rotatable bonds is 2. The Morgan fingerprint density at radius 3 is 2.94 bits per heavy atom. The van der Waals surface area contributed by atoms with E-state index in [1.807, 2.05) is 23.7 Å². The molecule has 0 aromatic carbocycles. The van der Waals surface area contributed by atoms with E-state index in [-0.39, 0.29) is 0 Å². The first-order valence-corrected chi connectivity index (χ1v) is 6.68. The van der Waals surface area contributed by atoms with Crippen LogP contribution in [0.3, 0.4) is 0 Å². The van der Waals surface area contributed by atoms with Crippen LogP contribution in [0, 0.1) is 0 Å². The van der Waals surface area contributed by atoms with E-state index >= 15 is 0 Å². The van der Waals surface area contributed by atoms with Crippen LogP contribution >= 0.6 is 11.3 Å². The summed E-state index contributed by atoms with van der Waals surface area (Å²) in [7, 11) is 2.00. The van der Waals surface area contributed by atoms with Gasteiger partial charge in [0.1, 0.15) is 5.82 Å². The molecule has 0 aliphatic carbocycles. The number of imidazole rings is 1. The molecular weight excluding hydrogens is 244 g/mol. The number of aromatic nitrogens is 3. The van der Waals surface area contributed by atoms with E-state index < -0.39 is 0 Å². The highest BCUT2D eigenvalue weighted by Gasteiger charge is 2.15. The lowest BCUT2D eigenvalue weighted by Crippen LogP contribution is -1.93. The number of hydrogen-bond donors (Lipinski definition) is 1. The summed E-state index contributed by atoms with van der Waals surface area (Å²) in [6.45, 7) is 2.13. The molecule has 0 saturated heterocycles. The normalized spacial score (nSPS) is 11.2. The Morgan fingerprint density at radius 1 is 1.44 bits per heavy atom. The maximum Gasteiger partial charge on any atom is 0.178 e. The van der Waals surface area contributed by atoms with Crippen LogP contribution in [0.25, 0.3) is 22.6 Å². The lowest BCUT2D eigenvalue weighted by molar-refractivity contribution is 0.960. The van der Waals surface area contributed by atoms with Crippen molar-refractivity contribution in [2.75, 3.05) is 5.73 Å². The first-order chi connectivity index (χ1) is 8.70. The van der Waals surface area contributed by atoms with Crippen molar-refractivity contribution >= 4 is 27.5 Å². The van der Waals surface area contributed by atoms with Crippen LogP contribution in [0.15, 0.2) is 24.4 Å². The number of nitrogens with zero attached hydrogens (tertiary/aromatic N) is 3. The molecule has 92 valence electrons. The molecule has 3 aromatic heterocycles. The third-order valence-corrected chi connectivity index (χ3v) is 4.17. The maximum absolute atomic E-state index is 6.08. The standard InChI is InChI=1S/C13H14N4S/c1-3-8-7-9(11(14)18-8)13-16-12-10(17(13)2)5-4-6-15-12/h4-7H,3,14H2,1-2H3. The van der Waals surface area contributed by atoms with Gasteiger partial charge in [-0.15, -0.1) is 11.3 Å². The molecule has 0 bridgehead atoms. The summed E-state index contributed by atoms with van der Waals surface area (Å²) in [6, 6.07) is 6.06. The number of nitrogen functional groups attached to an aromatic ring is 1. The topological polar surface area (TPSA) is 56.7 Å². The summed E-state index contributed by atoms with van der Waals surface area (Å²) in [4.78, 5) is 10.1. The predicted molar refractivity (Wildman–Crippen MR) is 75.6 cm³/mol. The minimum absolute atomic E-state index is 0.763. The summed E-state index contributed by atoms with van der Waals surface area (Å²) >= 11 is 1.63. The molecule has 2 N–H and O–H groups in total. The van der Waals surface area contributed by atoms with Crippen LogP contribution < -0.4 is 5.73 Å². The first kappa shape index (κ1) is 11.2. The second-order valence-corrected chi connectivity index (χ2v) is 5.35. The van der Waals surface area contributed by atoms with Crippen LogP contribution in [0.4, 0.5) is 5.00 Å². The second kappa shape index (κ2) is 4.10. The summed E-state index contributed by atoms with van der Waals surface area (Å²) in [5.41, 5.74) is 8.88. The Kier molecular flexibility index (Phi) is 2.56. The lowest BCUT2D eigenvalue weighted by atomic mass is 10.2. The van der Waals surface area contributed by atoms with E-state index in [1.165, 1.54) is 4.88 Å². The van der Waals surface area contributed by atoms with Crippen LogP contribution in [0.1, 0.15) is 11.8 Å². The van der Waals surface area contributed by atoms with Crippen LogP contribution in [0.2, 0.25) is 0 Å². The lowest BCUT2D eigenvalue weighted by Gasteiger charge is -2.00. The van der Waals surface area contributed by atoms with E-state index in [2.05, 4.69) is 23.0 Å². The molecule has 0 radical (unpaired) electrons. The van der Waals surface area contributed by atoms with Crippen LogP contribution in [-0.4, -0.2) is 14.5 Å². The average molecular weight is 258 g/mol. The SMILES string of the molecule is CCc1cc(-c2nc3ncccc3n2C)c(N)s1. The Morgan fingerprint density at radius 2 is 2.28 bits per heavy atom. The molecule has 0 atom stereocenters. The number of aryl methyl sites for hydroxylation is 2. The molecule has 0 aliphatic heterocycles. The largest absolute Gasteiger partial charge is 0.390 e. The van der Waals surface area contributed by atoms with E-state index in [0.29, 0.717) is 0 Å². The zero-order chi connectivity index (χ0) is 12.7. The van der Waals surface area contributed by atoms with Gasteiger partial charge >= 0.3 is 0 Å². The summed E-state index contributed by atoms with van der Waals surface area (Å²) in [5.74, 6) is 0.886. The number of thiophene rings is 1. The number of nitrogens with two attached hydrogens (primary N) is 1. The number of fused-ring (bicyclic) bond motifs is 1.